The van der Waals surface area contributed by atoms with Crippen LogP contribution in [-0.2, 0) is 19.2 Å². The Morgan fingerprint density at radius 2 is 1.69 bits per heavy atom. The normalized spacial score (nSPS) is 13.8. The second-order valence-electron chi connectivity index (χ2n) is 5.11. The Morgan fingerprint density at radius 3 is 2.35 bits per heavy atom. The van der Waals surface area contributed by atoms with Gasteiger partial charge in [-0.15, -0.1) is 0 Å². The number of hydrogen-bond donors (Lipinski definition) is 0. The van der Waals surface area contributed by atoms with E-state index in [0.29, 0.717) is 5.75 Å². The highest BCUT2D eigenvalue weighted by atomic mass is 32.7. The van der Waals surface area contributed by atoms with Crippen LogP contribution >= 0.6 is 18.2 Å². The first kappa shape index (κ1) is 20.8. The summed E-state index contributed by atoms with van der Waals surface area (Å²) in [5.41, 5.74) is 0. The van der Waals surface area contributed by atoms with Gasteiger partial charge in [0.15, 0.2) is 0 Å². The summed E-state index contributed by atoms with van der Waals surface area (Å²) in [4.78, 5) is -0.0950. The van der Waals surface area contributed by atoms with Crippen LogP contribution in [0.4, 0.5) is 0 Å². The summed E-state index contributed by atoms with van der Waals surface area (Å²) in [6.45, 7) is 0.485. The quantitative estimate of drug-likeness (QED) is 0.393. The Bertz CT molecular complexity index is 855. The highest BCUT2D eigenvalue weighted by molar-refractivity contribution is 8.55. The molecule has 6 nitrogen and oxygen atoms in total. The van der Waals surface area contributed by atoms with Crippen LogP contribution in [0.15, 0.2) is 59.5 Å². The molecular formula is C17H21O6PS2. The number of benzene rings is 2. The van der Waals surface area contributed by atoms with Gasteiger partial charge in [-0.3, -0.25) is 4.52 Å². The van der Waals surface area contributed by atoms with Gasteiger partial charge >= 0.3 is 16.9 Å². The van der Waals surface area contributed by atoms with E-state index in [2.05, 4.69) is 0 Å². The molecular weight excluding hydrogens is 395 g/mol. The van der Waals surface area contributed by atoms with Crippen molar-refractivity contribution in [3.63, 3.8) is 0 Å². The van der Waals surface area contributed by atoms with Crippen molar-refractivity contribution in [1.29, 1.82) is 0 Å². The predicted octanol–water partition coefficient (Wildman–Crippen LogP) is 5.12. The molecule has 1 atom stereocenters. The van der Waals surface area contributed by atoms with Gasteiger partial charge in [-0.2, -0.15) is 8.42 Å². The van der Waals surface area contributed by atoms with E-state index in [0.717, 1.165) is 17.8 Å². The molecule has 26 heavy (non-hydrogen) atoms. The molecule has 2 rings (SSSR count). The molecule has 142 valence electrons. The zero-order valence-corrected chi connectivity index (χ0v) is 17.1. The molecule has 2 aromatic carbocycles. The minimum absolute atomic E-state index is 0.0950. The average Bonchev–Trinajstić information content (AvgIpc) is 2.61. The summed E-state index contributed by atoms with van der Waals surface area (Å²) in [6.07, 6.45) is 0.810. The lowest BCUT2D eigenvalue weighted by Gasteiger charge is -2.17. The lowest BCUT2D eigenvalue weighted by molar-refractivity contribution is 0.296. The van der Waals surface area contributed by atoms with Gasteiger partial charge in [0, 0.05) is 11.8 Å². The van der Waals surface area contributed by atoms with Crippen LogP contribution in [0.3, 0.4) is 0 Å². The molecule has 1 unspecified atom stereocenters. The molecule has 0 saturated heterocycles. The fourth-order valence-electron chi connectivity index (χ4n) is 1.92. The van der Waals surface area contributed by atoms with E-state index in [1.165, 1.54) is 24.3 Å². The van der Waals surface area contributed by atoms with E-state index in [4.69, 9.17) is 13.2 Å². The third-order valence-corrected chi connectivity index (χ3v) is 8.20. The second kappa shape index (κ2) is 9.46. The first-order chi connectivity index (χ1) is 12.4. The van der Waals surface area contributed by atoms with Gasteiger partial charge in [-0.05, 0) is 49.0 Å². The van der Waals surface area contributed by atoms with Crippen molar-refractivity contribution >= 4 is 28.3 Å². The van der Waals surface area contributed by atoms with Gasteiger partial charge in [-0.1, -0.05) is 31.2 Å². The summed E-state index contributed by atoms with van der Waals surface area (Å²) < 4.78 is 53.5. The maximum absolute atomic E-state index is 12.7. The molecule has 0 aliphatic carbocycles. The van der Waals surface area contributed by atoms with Crippen LogP contribution in [0, 0.1) is 0 Å². The van der Waals surface area contributed by atoms with E-state index in [-0.39, 0.29) is 23.0 Å². The first-order valence-corrected chi connectivity index (χ1v) is 12.6. The smallest absolute Gasteiger partial charge is 0.417 e. The third kappa shape index (κ3) is 6.06. The average molecular weight is 416 g/mol. The van der Waals surface area contributed by atoms with Crippen LogP contribution in [0.5, 0.6) is 11.5 Å². The van der Waals surface area contributed by atoms with Crippen LogP contribution in [0.25, 0.3) is 0 Å². The summed E-state index contributed by atoms with van der Waals surface area (Å²) in [7, 11) is -4.04. The molecule has 0 aliphatic heterocycles. The van der Waals surface area contributed by atoms with E-state index in [1.807, 2.05) is 6.92 Å². The number of para-hydroxylation sites is 1. The molecule has 2 aromatic rings. The van der Waals surface area contributed by atoms with Crippen molar-refractivity contribution in [1.82, 2.24) is 0 Å². The van der Waals surface area contributed by atoms with Gasteiger partial charge in [0.1, 0.15) is 16.4 Å². The largest absolute Gasteiger partial charge is 0.440 e. The van der Waals surface area contributed by atoms with Gasteiger partial charge in [0.05, 0.1) is 6.61 Å². The van der Waals surface area contributed by atoms with Crippen molar-refractivity contribution in [2.75, 3.05) is 12.4 Å². The van der Waals surface area contributed by atoms with Gasteiger partial charge < -0.3 is 8.71 Å². The van der Waals surface area contributed by atoms with Crippen LogP contribution in [0.2, 0.25) is 0 Å². The fraction of sp³-hybridized carbons (Fsp3) is 0.294. The predicted molar refractivity (Wildman–Crippen MR) is 103 cm³/mol. The highest BCUT2D eigenvalue weighted by Crippen LogP contribution is 2.60. The third-order valence-electron chi connectivity index (χ3n) is 3.00. The maximum atomic E-state index is 12.7. The Balaban J connectivity index is 2.22. The van der Waals surface area contributed by atoms with Gasteiger partial charge in [0.25, 0.3) is 0 Å². The van der Waals surface area contributed by atoms with E-state index >= 15 is 0 Å². The molecule has 9 heteroatoms. The summed E-state index contributed by atoms with van der Waals surface area (Å²) in [6, 6.07) is 13.9. The topological polar surface area (TPSA) is 78.9 Å². The second-order valence-corrected chi connectivity index (χ2v) is 10.8. The molecule has 0 spiro atoms. The fourth-order valence-corrected chi connectivity index (χ4v) is 6.33. The molecule has 0 heterocycles. The van der Waals surface area contributed by atoms with Crippen molar-refractivity contribution in [3.8, 4) is 11.5 Å². The monoisotopic (exact) mass is 416 g/mol. The molecule has 0 N–H and O–H groups in total. The molecule has 0 fully saturated rings. The molecule has 0 aliphatic rings. The maximum Gasteiger partial charge on any atom is 0.440 e. The Kier molecular flexibility index (Phi) is 7.58. The zero-order valence-electron chi connectivity index (χ0n) is 14.5. The first-order valence-electron chi connectivity index (χ1n) is 8.07. The number of hydrogen-bond acceptors (Lipinski definition) is 7. The standard InChI is InChI=1S/C17H21O6PS2/c1-3-13-25-24(18,21-4-2)22-16-11-8-12-17(14-16)26(19,20)23-15-9-6-5-7-10-15/h5-12,14H,3-4,13H2,1-2H3. The summed E-state index contributed by atoms with van der Waals surface area (Å²) >= 11 is 1.09. The highest BCUT2D eigenvalue weighted by Gasteiger charge is 2.27. The van der Waals surface area contributed by atoms with Gasteiger partial charge in [0.2, 0.25) is 0 Å². The van der Waals surface area contributed by atoms with E-state index in [1.54, 1.807) is 37.3 Å². The Morgan fingerprint density at radius 1 is 1.00 bits per heavy atom. The molecule has 0 amide bonds. The molecule has 0 radical (unpaired) electrons. The molecule has 0 bridgehead atoms. The van der Waals surface area contributed by atoms with Crippen LogP contribution < -0.4 is 8.71 Å². The van der Waals surface area contributed by atoms with E-state index < -0.39 is 16.9 Å². The lowest BCUT2D eigenvalue weighted by Crippen LogP contribution is -2.09. The molecule has 0 saturated carbocycles. The van der Waals surface area contributed by atoms with Gasteiger partial charge in [-0.25, -0.2) is 4.57 Å². The SMILES string of the molecule is CCCSP(=O)(OCC)Oc1cccc(S(=O)(=O)Oc2ccccc2)c1. The summed E-state index contributed by atoms with van der Waals surface area (Å²) in [5, 5.41) is 0. The van der Waals surface area contributed by atoms with Crippen LogP contribution in [-0.4, -0.2) is 20.8 Å². The Hall–Kier alpha value is -1.47. The van der Waals surface area contributed by atoms with Crippen molar-refractivity contribution in [3.05, 3.63) is 54.6 Å². The zero-order chi connectivity index (χ0) is 19.0. The van der Waals surface area contributed by atoms with E-state index in [9.17, 15) is 13.0 Å². The Labute approximate surface area is 158 Å². The van der Waals surface area contributed by atoms with Crippen molar-refractivity contribution in [2.45, 2.75) is 25.2 Å². The lowest BCUT2D eigenvalue weighted by atomic mass is 10.3. The van der Waals surface area contributed by atoms with Crippen molar-refractivity contribution in [2.24, 2.45) is 0 Å². The minimum atomic E-state index is -4.04. The minimum Gasteiger partial charge on any atom is -0.417 e. The van der Waals surface area contributed by atoms with Crippen molar-refractivity contribution < 1.29 is 26.2 Å². The number of rotatable bonds is 10. The molecule has 0 aromatic heterocycles. The van der Waals surface area contributed by atoms with Crippen LogP contribution in [0.1, 0.15) is 20.3 Å². The summed E-state index contributed by atoms with van der Waals surface area (Å²) in [5.74, 6) is 0.951.